The molecule has 0 amide bonds. The summed E-state index contributed by atoms with van der Waals surface area (Å²) >= 11 is 0. The minimum Gasteiger partial charge on any atom is -0.491 e. The first-order valence-electron chi connectivity index (χ1n) is 9.41. The average molecular weight is 525 g/mol. The Bertz CT molecular complexity index is 634. The van der Waals surface area contributed by atoms with Crippen LogP contribution in [0.4, 0.5) is 0 Å². The summed E-state index contributed by atoms with van der Waals surface area (Å²) in [5, 5.41) is 6.51. The van der Waals surface area contributed by atoms with Gasteiger partial charge in [-0.2, -0.15) is 0 Å². The van der Waals surface area contributed by atoms with E-state index in [1.165, 1.54) is 0 Å². The Morgan fingerprint density at radius 1 is 1.21 bits per heavy atom. The second-order valence-electron chi connectivity index (χ2n) is 7.17. The molecule has 0 radical (unpaired) electrons. The largest absolute Gasteiger partial charge is 0.491 e. The summed E-state index contributed by atoms with van der Waals surface area (Å²) in [5.74, 6) is 2.12. The first-order valence-corrected chi connectivity index (χ1v) is 10.7. The van der Waals surface area contributed by atoms with Crippen molar-refractivity contribution in [3.8, 4) is 5.75 Å². The standard InChI is InChI=1S/C20H35N3O3S.HI/c1-7-25-11-12-26-18-14-16(2)8-9-17(18)15-23-19(21-6)22-10-13-27(24)20(3,4)5;/h8-9,14H,7,10-13,15H2,1-6H3,(H2,21,22,23);1H. The molecule has 8 heteroatoms. The number of halogens is 1. The van der Waals surface area contributed by atoms with Crippen molar-refractivity contribution in [1.82, 2.24) is 10.6 Å². The van der Waals surface area contributed by atoms with Crippen LogP contribution in [0.2, 0.25) is 0 Å². The van der Waals surface area contributed by atoms with Crippen LogP contribution in [0.1, 0.15) is 38.8 Å². The summed E-state index contributed by atoms with van der Waals surface area (Å²) in [4.78, 5) is 4.23. The third kappa shape index (κ3) is 10.6. The van der Waals surface area contributed by atoms with Gasteiger partial charge in [-0.05, 0) is 46.2 Å². The molecule has 6 nitrogen and oxygen atoms in total. The highest BCUT2D eigenvalue weighted by molar-refractivity contribution is 14.0. The Kier molecular flexibility index (Phi) is 13.7. The van der Waals surface area contributed by atoms with Crippen LogP contribution >= 0.6 is 24.0 Å². The van der Waals surface area contributed by atoms with Crippen LogP contribution in [0, 0.1) is 6.92 Å². The van der Waals surface area contributed by atoms with E-state index in [4.69, 9.17) is 9.47 Å². The van der Waals surface area contributed by atoms with E-state index in [9.17, 15) is 4.21 Å². The number of hydrogen-bond donors (Lipinski definition) is 2. The van der Waals surface area contributed by atoms with Crippen molar-refractivity contribution in [2.75, 3.05) is 39.2 Å². The minimum atomic E-state index is -0.885. The molecule has 0 fully saturated rings. The Morgan fingerprint density at radius 3 is 2.54 bits per heavy atom. The molecule has 2 N–H and O–H groups in total. The van der Waals surface area contributed by atoms with Crippen LogP contribution in [-0.4, -0.2) is 54.1 Å². The number of nitrogens with zero attached hydrogens (tertiary/aromatic N) is 1. The van der Waals surface area contributed by atoms with Gasteiger partial charge < -0.3 is 20.1 Å². The maximum atomic E-state index is 12.1. The number of hydrogen-bond acceptors (Lipinski definition) is 4. The predicted molar refractivity (Wildman–Crippen MR) is 130 cm³/mol. The fourth-order valence-electron chi connectivity index (χ4n) is 2.26. The van der Waals surface area contributed by atoms with E-state index in [1.54, 1.807) is 7.05 Å². The van der Waals surface area contributed by atoms with Crippen molar-refractivity contribution in [3.05, 3.63) is 29.3 Å². The summed E-state index contributed by atoms with van der Waals surface area (Å²) in [5.41, 5.74) is 2.20. The molecule has 1 atom stereocenters. The van der Waals surface area contributed by atoms with Gasteiger partial charge in [-0.15, -0.1) is 24.0 Å². The van der Waals surface area contributed by atoms with Crippen LogP contribution in [0.3, 0.4) is 0 Å². The number of ether oxygens (including phenoxy) is 2. The number of guanidine groups is 1. The fourth-order valence-corrected chi connectivity index (χ4v) is 3.16. The quantitative estimate of drug-likeness (QED) is 0.213. The highest BCUT2D eigenvalue weighted by atomic mass is 127. The SMILES string of the molecule is CCOCCOc1cc(C)ccc1CNC(=NC)NCCS(=O)C(C)(C)C.I. The summed E-state index contributed by atoms with van der Waals surface area (Å²) in [6.45, 7) is 13.0. The maximum Gasteiger partial charge on any atom is 0.191 e. The van der Waals surface area contributed by atoms with Crippen LogP contribution in [-0.2, 0) is 22.1 Å². The molecule has 0 spiro atoms. The molecule has 0 aliphatic heterocycles. The van der Waals surface area contributed by atoms with Crippen molar-refractivity contribution in [1.29, 1.82) is 0 Å². The summed E-state index contributed by atoms with van der Waals surface area (Å²) in [6.07, 6.45) is 0. The molecule has 0 saturated carbocycles. The Morgan fingerprint density at radius 2 is 1.93 bits per heavy atom. The molecule has 1 rings (SSSR count). The van der Waals surface area contributed by atoms with Gasteiger partial charge in [0.15, 0.2) is 5.96 Å². The molecule has 0 aromatic heterocycles. The van der Waals surface area contributed by atoms with E-state index in [1.807, 2.05) is 40.7 Å². The molecular weight excluding hydrogens is 489 g/mol. The van der Waals surface area contributed by atoms with Gasteiger partial charge in [0.25, 0.3) is 0 Å². The van der Waals surface area contributed by atoms with E-state index in [0.717, 1.165) is 16.9 Å². The third-order valence-electron chi connectivity index (χ3n) is 3.84. The van der Waals surface area contributed by atoms with Crippen LogP contribution in [0.25, 0.3) is 0 Å². The number of aryl methyl sites for hydroxylation is 1. The second kappa shape index (κ2) is 14.2. The molecule has 1 aromatic carbocycles. The van der Waals surface area contributed by atoms with Crippen molar-refractivity contribution < 1.29 is 13.7 Å². The minimum absolute atomic E-state index is 0. The molecule has 1 aromatic rings. The molecule has 0 bridgehead atoms. The zero-order chi connectivity index (χ0) is 20.3. The lowest BCUT2D eigenvalue weighted by Gasteiger charge is -2.19. The Labute approximate surface area is 189 Å². The van der Waals surface area contributed by atoms with Crippen molar-refractivity contribution >= 4 is 40.7 Å². The van der Waals surface area contributed by atoms with Gasteiger partial charge in [-0.25, -0.2) is 0 Å². The number of nitrogens with one attached hydrogen (secondary N) is 2. The molecule has 1 unspecified atom stereocenters. The van der Waals surface area contributed by atoms with Crippen LogP contribution < -0.4 is 15.4 Å². The second-order valence-corrected chi connectivity index (χ2v) is 9.50. The molecule has 0 aliphatic rings. The maximum absolute atomic E-state index is 12.1. The molecule has 0 aliphatic carbocycles. The highest BCUT2D eigenvalue weighted by Gasteiger charge is 2.18. The lowest BCUT2D eigenvalue weighted by molar-refractivity contribution is 0.110. The molecule has 28 heavy (non-hydrogen) atoms. The normalized spacial score (nSPS) is 12.9. The van der Waals surface area contributed by atoms with Gasteiger partial charge in [0.05, 0.1) is 6.61 Å². The lowest BCUT2D eigenvalue weighted by Crippen LogP contribution is -2.40. The van der Waals surface area contributed by atoms with Crippen molar-refractivity contribution in [3.63, 3.8) is 0 Å². The molecular formula is C20H36IN3O3S. The third-order valence-corrected chi connectivity index (χ3v) is 5.79. The molecule has 162 valence electrons. The van der Waals surface area contributed by atoms with Crippen LogP contribution in [0.15, 0.2) is 23.2 Å². The predicted octanol–water partition coefficient (Wildman–Crippen LogP) is 3.24. The van der Waals surface area contributed by atoms with Gasteiger partial charge in [0.2, 0.25) is 0 Å². The first-order chi connectivity index (χ1) is 12.8. The van der Waals surface area contributed by atoms with Crippen molar-refractivity contribution in [2.45, 2.75) is 45.9 Å². The first kappa shape index (κ1) is 27.1. The zero-order valence-corrected chi connectivity index (χ0v) is 21.1. The summed E-state index contributed by atoms with van der Waals surface area (Å²) in [6, 6.07) is 6.15. The summed E-state index contributed by atoms with van der Waals surface area (Å²) in [7, 11) is 0.842. The zero-order valence-electron chi connectivity index (χ0n) is 18.0. The molecule has 0 heterocycles. The number of benzene rings is 1. The van der Waals surface area contributed by atoms with E-state index in [-0.39, 0.29) is 28.7 Å². The van der Waals surface area contributed by atoms with Gasteiger partial charge >= 0.3 is 0 Å². The van der Waals surface area contributed by atoms with Gasteiger partial charge in [0, 0.05) is 53.6 Å². The lowest BCUT2D eigenvalue weighted by atomic mass is 10.1. The number of rotatable bonds is 10. The topological polar surface area (TPSA) is 72.0 Å². The van der Waals surface area contributed by atoms with E-state index in [0.29, 0.717) is 44.6 Å². The number of aliphatic imine (C=N–C) groups is 1. The van der Waals surface area contributed by atoms with E-state index in [2.05, 4.69) is 27.8 Å². The Hall–Kier alpha value is -0.870. The van der Waals surface area contributed by atoms with Gasteiger partial charge in [0.1, 0.15) is 12.4 Å². The van der Waals surface area contributed by atoms with E-state index >= 15 is 0 Å². The highest BCUT2D eigenvalue weighted by Crippen LogP contribution is 2.20. The van der Waals surface area contributed by atoms with Gasteiger partial charge in [-0.1, -0.05) is 12.1 Å². The Balaban J connectivity index is 0.00000729. The van der Waals surface area contributed by atoms with E-state index < -0.39 is 10.8 Å². The van der Waals surface area contributed by atoms with Crippen molar-refractivity contribution in [2.24, 2.45) is 4.99 Å². The fraction of sp³-hybridized carbons (Fsp3) is 0.650. The van der Waals surface area contributed by atoms with Gasteiger partial charge in [-0.3, -0.25) is 9.20 Å². The summed E-state index contributed by atoms with van der Waals surface area (Å²) < 4.78 is 23.1. The average Bonchev–Trinajstić information content (AvgIpc) is 2.61. The molecule has 0 saturated heterocycles. The van der Waals surface area contributed by atoms with Crippen LogP contribution in [0.5, 0.6) is 5.75 Å². The smallest absolute Gasteiger partial charge is 0.191 e. The monoisotopic (exact) mass is 525 g/mol.